The standard InChI is InChI=1S/C15H26N2O3/c1-7-11(2)17(9-13-8-12(3)20-16-13)10-14(18)19-15(4,5)6/h8,11H,7,9-10H2,1-6H3/t11-/m0/s1. The van der Waals surface area contributed by atoms with Gasteiger partial charge in [0.15, 0.2) is 0 Å². The number of carbonyl (C=O) groups excluding carboxylic acids is 1. The Labute approximate surface area is 121 Å². The lowest BCUT2D eigenvalue weighted by Gasteiger charge is -2.28. The topological polar surface area (TPSA) is 55.6 Å². The first kappa shape index (κ1) is 16.7. The fourth-order valence-electron chi connectivity index (χ4n) is 1.87. The Morgan fingerprint density at radius 1 is 1.50 bits per heavy atom. The van der Waals surface area contributed by atoms with Gasteiger partial charge in [-0.3, -0.25) is 9.69 Å². The third kappa shape index (κ3) is 5.74. The molecule has 1 heterocycles. The SMILES string of the molecule is CC[C@H](C)N(CC(=O)OC(C)(C)C)Cc1cc(C)on1. The van der Waals surface area contributed by atoms with Gasteiger partial charge in [0.25, 0.3) is 0 Å². The molecule has 5 heteroatoms. The zero-order chi connectivity index (χ0) is 15.3. The summed E-state index contributed by atoms with van der Waals surface area (Å²) in [6.45, 7) is 12.5. The lowest BCUT2D eigenvalue weighted by molar-refractivity contribution is -0.156. The molecule has 0 bridgehead atoms. The third-order valence-electron chi connectivity index (χ3n) is 3.01. The molecule has 0 aliphatic heterocycles. The van der Waals surface area contributed by atoms with Crippen molar-refractivity contribution in [2.24, 2.45) is 0 Å². The van der Waals surface area contributed by atoms with E-state index >= 15 is 0 Å². The molecule has 0 aliphatic rings. The van der Waals surface area contributed by atoms with E-state index in [9.17, 15) is 4.79 Å². The fourth-order valence-corrected chi connectivity index (χ4v) is 1.87. The van der Waals surface area contributed by atoms with Crippen molar-refractivity contribution in [3.63, 3.8) is 0 Å². The molecule has 0 saturated carbocycles. The molecular formula is C15H26N2O3. The van der Waals surface area contributed by atoms with E-state index in [0.29, 0.717) is 6.54 Å². The van der Waals surface area contributed by atoms with Gasteiger partial charge in [-0.1, -0.05) is 12.1 Å². The zero-order valence-corrected chi connectivity index (χ0v) is 13.4. The Morgan fingerprint density at radius 3 is 2.60 bits per heavy atom. The Kier molecular flexibility index (Phi) is 5.74. The number of esters is 1. The van der Waals surface area contributed by atoms with E-state index in [2.05, 4.69) is 23.9 Å². The summed E-state index contributed by atoms with van der Waals surface area (Å²) in [5.41, 5.74) is 0.384. The van der Waals surface area contributed by atoms with Crippen LogP contribution in [0.5, 0.6) is 0 Å². The van der Waals surface area contributed by atoms with Crippen LogP contribution in [0, 0.1) is 6.92 Å². The van der Waals surface area contributed by atoms with Gasteiger partial charge in [0.1, 0.15) is 11.4 Å². The molecule has 5 nitrogen and oxygen atoms in total. The van der Waals surface area contributed by atoms with Crippen molar-refractivity contribution < 1.29 is 14.1 Å². The largest absolute Gasteiger partial charge is 0.459 e. The molecule has 0 aromatic carbocycles. The molecule has 20 heavy (non-hydrogen) atoms. The normalized spacial score (nSPS) is 13.6. The van der Waals surface area contributed by atoms with Crippen LogP contribution in [0.1, 0.15) is 52.5 Å². The van der Waals surface area contributed by atoms with Gasteiger partial charge < -0.3 is 9.26 Å². The molecule has 0 amide bonds. The van der Waals surface area contributed by atoms with Gasteiger partial charge in [0, 0.05) is 18.7 Å². The highest BCUT2D eigenvalue weighted by Gasteiger charge is 2.22. The highest BCUT2D eigenvalue weighted by Crippen LogP contribution is 2.13. The molecule has 1 aromatic heterocycles. The minimum absolute atomic E-state index is 0.210. The van der Waals surface area contributed by atoms with Crippen molar-refractivity contribution in [2.75, 3.05) is 6.54 Å². The molecule has 0 aliphatic carbocycles. The summed E-state index contributed by atoms with van der Waals surface area (Å²) in [7, 11) is 0. The molecule has 0 fully saturated rings. The average molecular weight is 282 g/mol. The Morgan fingerprint density at radius 2 is 2.15 bits per heavy atom. The monoisotopic (exact) mass is 282 g/mol. The molecule has 0 spiro atoms. The Balaban J connectivity index is 2.67. The molecular weight excluding hydrogens is 256 g/mol. The number of nitrogens with zero attached hydrogens (tertiary/aromatic N) is 2. The van der Waals surface area contributed by atoms with E-state index in [1.165, 1.54) is 0 Å². The Hall–Kier alpha value is -1.36. The van der Waals surface area contributed by atoms with E-state index in [-0.39, 0.29) is 18.6 Å². The summed E-state index contributed by atoms with van der Waals surface area (Å²) in [5, 5.41) is 3.99. The van der Waals surface area contributed by atoms with E-state index in [1.54, 1.807) is 0 Å². The second kappa shape index (κ2) is 6.88. The number of rotatable bonds is 6. The maximum Gasteiger partial charge on any atom is 0.320 e. The second-order valence-electron chi connectivity index (χ2n) is 6.18. The van der Waals surface area contributed by atoms with E-state index in [4.69, 9.17) is 9.26 Å². The molecule has 1 rings (SSSR count). The van der Waals surface area contributed by atoms with Crippen LogP contribution < -0.4 is 0 Å². The third-order valence-corrected chi connectivity index (χ3v) is 3.01. The van der Waals surface area contributed by atoms with Crippen molar-refractivity contribution in [2.45, 2.75) is 66.2 Å². The van der Waals surface area contributed by atoms with Crippen LogP contribution in [-0.4, -0.2) is 34.2 Å². The summed E-state index contributed by atoms with van der Waals surface area (Å²) in [5.74, 6) is 0.569. The van der Waals surface area contributed by atoms with Crippen LogP contribution in [0.15, 0.2) is 10.6 Å². The minimum atomic E-state index is -0.456. The number of ether oxygens (including phenoxy) is 1. The quantitative estimate of drug-likeness (QED) is 0.751. The summed E-state index contributed by atoms with van der Waals surface area (Å²) in [6, 6.07) is 2.17. The van der Waals surface area contributed by atoms with Gasteiger partial charge in [-0.2, -0.15) is 0 Å². The van der Waals surface area contributed by atoms with Crippen molar-refractivity contribution in [3.05, 3.63) is 17.5 Å². The van der Waals surface area contributed by atoms with Crippen LogP contribution >= 0.6 is 0 Å². The maximum atomic E-state index is 12.0. The average Bonchev–Trinajstić information content (AvgIpc) is 2.70. The number of carbonyl (C=O) groups is 1. The van der Waals surface area contributed by atoms with Gasteiger partial charge in [-0.25, -0.2) is 0 Å². The van der Waals surface area contributed by atoms with E-state index < -0.39 is 5.60 Å². The summed E-state index contributed by atoms with van der Waals surface area (Å²) < 4.78 is 10.5. The minimum Gasteiger partial charge on any atom is -0.459 e. The van der Waals surface area contributed by atoms with Crippen LogP contribution in [0.25, 0.3) is 0 Å². The molecule has 0 unspecified atom stereocenters. The summed E-state index contributed by atoms with van der Waals surface area (Å²) in [4.78, 5) is 14.0. The highest BCUT2D eigenvalue weighted by atomic mass is 16.6. The van der Waals surface area contributed by atoms with Gasteiger partial charge >= 0.3 is 5.97 Å². The number of hydrogen-bond acceptors (Lipinski definition) is 5. The number of aryl methyl sites for hydroxylation is 1. The smallest absolute Gasteiger partial charge is 0.320 e. The second-order valence-corrected chi connectivity index (χ2v) is 6.18. The van der Waals surface area contributed by atoms with Crippen molar-refractivity contribution in [1.29, 1.82) is 0 Å². The van der Waals surface area contributed by atoms with E-state index in [0.717, 1.165) is 17.9 Å². The van der Waals surface area contributed by atoms with Crippen LogP contribution in [0.3, 0.4) is 0 Å². The van der Waals surface area contributed by atoms with Crippen LogP contribution in [0.2, 0.25) is 0 Å². The summed E-state index contributed by atoms with van der Waals surface area (Å²) in [6.07, 6.45) is 0.958. The fraction of sp³-hybridized carbons (Fsp3) is 0.733. The predicted molar refractivity (Wildman–Crippen MR) is 77.2 cm³/mol. The van der Waals surface area contributed by atoms with Gasteiger partial charge in [0.2, 0.25) is 0 Å². The zero-order valence-electron chi connectivity index (χ0n) is 13.4. The lowest BCUT2D eigenvalue weighted by Crippen LogP contribution is -2.39. The van der Waals surface area contributed by atoms with Gasteiger partial charge in [0.05, 0.1) is 12.2 Å². The summed E-state index contributed by atoms with van der Waals surface area (Å²) >= 11 is 0. The first-order chi connectivity index (χ1) is 9.21. The van der Waals surface area contributed by atoms with Crippen LogP contribution in [0.4, 0.5) is 0 Å². The molecule has 114 valence electrons. The van der Waals surface area contributed by atoms with Crippen molar-refractivity contribution in [1.82, 2.24) is 10.1 Å². The first-order valence-electron chi connectivity index (χ1n) is 7.09. The van der Waals surface area contributed by atoms with Gasteiger partial charge in [-0.05, 0) is 41.0 Å². The molecule has 0 saturated heterocycles. The lowest BCUT2D eigenvalue weighted by atomic mass is 10.2. The number of aromatic nitrogens is 1. The van der Waals surface area contributed by atoms with Gasteiger partial charge in [-0.15, -0.1) is 0 Å². The van der Waals surface area contributed by atoms with Crippen molar-refractivity contribution >= 4 is 5.97 Å². The predicted octanol–water partition coefficient (Wildman–Crippen LogP) is 2.93. The van der Waals surface area contributed by atoms with Crippen molar-refractivity contribution in [3.8, 4) is 0 Å². The first-order valence-corrected chi connectivity index (χ1v) is 7.09. The molecule has 0 N–H and O–H groups in total. The molecule has 1 atom stereocenters. The highest BCUT2D eigenvalue weighted by molar-refractivity contribution is 5.72. The maximum absolute atomic E-state index is 12.0. The Bertz CT molecular complexity index is 435. The molecule has 0 radical (unpaired) electrons. The molecule has 1 aromatic rings. The number of hydrogen-bond donors (Lipinski definition) is 0. The van der Waals surface area contributed by atoms with E-state index in [1.807, 2.05) is 33.8 Å². The van der Waals surface area contributed by atoms with Crippen LogP contribution in [-0.2, 0) is 16.1 Å².